The molecular formula is C7H7N5S3. The van der Waals surface area contributed by atoms with Gasteiger partial charge in [0.1, 0.15) is 15.3 Å². The number of nitrogens with two attached hydrogens (primary N) is 1. The molecule has 0 bridgehead atoms. The third-order valence-electron chi connectivity index (χ3n) is 1.85. The summed E-state index contributed by atoms with van der Waals surface area (Å²) in [5, 5.41) is 8.18. The fourth-order valence-corrected chi connectivity index (χ4v) is 2.07. The second-order valence-corrected chi connectivity index (χ2v) is 4.36. The van der Waals surface area contributed by atoms with Crippen molar-refractivity contribution >= 4 is 52.2 Å². The highest BCUT2D eigenvalue weighted by Crippen LogP contribution is 2.18. The van der Waals surface area contributed by atoms with E-state index in [0.29, 0.717) is 26.5 Å². The second-order valence-electron chi connectivity index (χ2n) is 2.74. The van der Waals surface area contributed by atoms with Gasteiger partial charge in [0.15, 0.2) is 10.8 Å². The highest BCUT2D eigenvalue weighted by molar-refractivity contribution is 7.98. The van der Waals surface area contributed by atoms with Gasteiger partial charge in [0.25, 0.3) is 0 Å². The van der Waals surface area contributed by atoms with Crippen LogP contribution in [-0.4, -0.2) is 31.4 Å². The van der Waals surface area contributed by atoms with Gasteiger partial charge in [-0.25, -0.2) is 4.98 Å². The molecule has 0 saturated heterocycles. The molecule has 0 unspecified atom stereocenters. The fourth-order valence-electron chi connectivity index (χ4n) is 1.19. The maximum Gasteiger partial charge on any atom is 0.168 e. The van der Waals surface area contributed by atoms with Crippen LogP contribution in [0.4, 0.5) is 0 Å². The van der Waals surface area contributed by atoms with Crippen molar-refractivity contribution in [3.63, 3.8) is 0 Å². The van der Waals surface area contributed by atoms with Crippen molar-refractivity contribution in [1.82, 2.24) is 20.2 Å². The Kier molecular flexibility index (Phi) is 2.72. The molecule has 2 rings (SSSR count). The van der Waals surface area contributed by atoms with Crippen LogP contribution in [0, 0.1) is 4.64 Å². The number of rotatable bonds is 2. The third-order valence-corrected chi connectivity index (χ3v) is 2.93. The molecule has 0 spiro atoms. The molecule has 2 aromatic rings. The van der Waals surface area contributed by atoms with Crippen molar-refractivity contribution < 1.29 is 0 Å². The number of aromatic nitrogens is 4. The number of aromatic amines is 2. The minimum absolute atomic E-state index is 0.232. The van der Waals surface area contributed by atoms with E-state index in [1.54, 1.807) is 0 Å². The van der Waals surface area contributed by atoms with Crippen molar-refractivity contribution in [2.45, 2.75) is 5.16 Å². The van der Waals surface area contributed by atoms with Gasteiger partial charge in [0.2, 0.25) is 0 Å². The Balaban J connectivity index is 2.83. The smallest absolute Gasteiger partial charge is 0.168 e. The molecule has 0 aromatic carbocycles. The van der Waals surface area contributed by atoms with Gasteiger partial charge in [-0.2, -0.15) is 5.10 Å². The summed E-state index contributed by atoms with van der Waals surface area (Å²) in [6.45, 7) is 0. The molecule has 0 aliphatic carbocycles. The van der Waals surface area contributed by atoms with Gasteiger partial charge < -0.3 is 10.7 Å². The molecule has 0 saturated carbocycles. The van der Waals surface area contributed by atoms with Crippen LogP contribution in [-0.2, 0) is 0 Å². The normalized spacial score (nSPS) is 10.7. The largest absolute Gasteiger partial charge is 0.388 e. The molecule has 4 N–H and O–H groups in total. The number of H-pyrrole nitrogens is 2. The molecule has 0 aliphatic rings. The predicted octanol–water partition coefficient (Wildman–Crippen LogP) is 1.37. The second kappa shape index (κ2) is 3.87. The lowest BCUT2D eigenvalue weighted by Crippen LogP contribution is -2.10. The monoisotopic (exact) mass is 257 g/mol. The van der Waals surface area contributed by atoms with Crippen LogP contribution >= 0.6 is 36.2 Å². The van der Waals surface area contributed by atoms with E-state index < -0.39 is 0 Å². The molecule has 0 atom stereocenters. The first-order valence-corrected chi connectivity index (χ1v) is 5.99. The Morgan fingerprint density at radius 2 is 2.27 bits per heavy atom. The molecule has 0 aliphatic heterocycles. The van der Waals surface area contributed by atoms with Gasteiger partial charge in [-0.15, -0.1) is 0 Å². The standard InChI is InChI=1S/C7H7N5S3/c1-15-7-9-5-2(6(14)10-7)3(4(8)13)11-12-5/h1H3,(H2,8,13)(H2,9,10,11,12,14). The summed E-state index contributed by atoms with van der Waals surface area (Å²) in [6.07, 6.45) is 1.90. The van der Waals surface area contributed by atoms with Gasteiger partial charge in [-0.05, 0) is 6.26 Å². The minimum atomic E-state index is 0.232. The van der Waals surface area contributed by atoms with Crippen LogP contribution < -0.4 is 5.73 Å². The van der Waals surface area contributed by atoms with E-state index in [0.717, 1.165) is 0 Å². The fraction of sp³-hybridized carbons (Fsp3) is 0.143. The zero-order chi connectivity index (χ0) is 11.0. The Morgan fingerprint density at radius 1 is 1.53 bits per heavy atom. The number of thiocarbonyl (C=S) groups is 1. The first kappa shape index (κ1) is 10.5. The number of hydrogen-bond donors (Lipinski definition) is 3. The molecule has 8 heteroatoms. The van der Waals surface area contributed by atoms with Crippen LogP contribution in [0.25, 0.3) is 11.0 Å². The Bertz CT molecular complexity index is 584. The zero-order valence-corrected chi connectivity index (χ0v) is 10.1. The van der Waals surface area contributed by atoms with Crippen molar-refractivity contribution in [3.05, 3.63) is 10.3 Å². The quantitative estimate of drug-likeness (QED) is 0.428. The molecule has 2 aromatic heterocycles. The average Bonchev–Trinajstić information content (AvgIpc) is 2.61. The van der Waals surface area contributed by atoms with Crippen LogP contribution in [0.3, 0.4) is 0 Å². The van der Waals surface area contributed by atoms with E-state index in [1.807, 2.05) is 6.26 Å². The van der Waals surface area contributed by atoms with Crippen molar-refractivity contribution in [3.8, 4) is 0 Å². The van der Waals surface area contributed by atoms with E-state index in [9.17, 15) is 0 Å². The maximum absolute atomic E-state index is 5.53. The van der Waals surface area contributed by atoms with E-state index in [2.05, 4.69) is 20.2 Å². The SMILES string of the molecule is CSc1nc(=S)c2c(C(N)=S)[nH]nc2[nH]1. The van der Waals surface area contributed by atoms with Crippen LogP contribution in [0.15, 0.2) is 5.16 Å². The van der Waals surface area contributed by atoms with E-state index in [-0.39, 0.29) is 4.99 Å². The van der Waals surface area contributed by atoms with Crippen molar-refractivity contribution in [2.24, 2.45) is 5.73 Å². The molecule has 2 heterocycles. The molecule has 0 fully saturated rings. The molecule has 15 heavy (non-hydrogen) atoms. The summed E-state index contributed by atoms with van der Waals surface area (Å²) in [5.74, 6) is 0. The van der Waals surface area contributed by atoms with Gasteiger partial charge in [0.05, 0.1) is 5.39 Å². The Morgan fingerprint density at radius 3 is 2.87 bits per heavy atom. The van der Waals surface area contributed by atoms with Gasteiger partial charge in [0, 0.05) is 0 Å². The predicted molar refractivity (Wildman–Crippen MR) is 66.7 cm³/mol. The van der Waals surface area contributed by atoms with Crippen LogP contribution in [0.5, 0.6) is 0 Å². The lowest BCUT2D eigenvalue weighted by atomic mass is 10.3. The van der Waals surface area contributed by atoms with Crippen molar-refractivity contribution in [2.75, 3.05) is 6.26 Å². The molecule has 5 nitrogen and oxygen atoms in total. The lowest BCUT2D eigenvalue weighted by molar-refractivity contribution is 0.976. The lowest BCUT2D eigenvalue weighted by Gasteiger charge is -1.97. The number of nitrogens with one attached hydrogen (secondary N) is 2. The third kappa shape index (κ3) is 1.75. The zero-order valence-electron chi connectivity index (χ0n) is 7.70. The summed E-state index contributed by atoms with van der Waals surface area (Å²) >= 11 is 11.5. The maximum atomic E-state index is 5.53. The Hall–Kier alpha value is -0.990. The summed E-state index contributed by atoms with van der Waals surface area (Å²) in [6, 6.07) is 0. The van der Waals surface area contributed by atoms with Gasteiger partial charge in [-0.1, -0.05) is 36.2 Å². The highest BCUT2D eigenvalue weighted by Gasteiger charge is 2.11. The van der Waals surface area contributed by atoms with Crippen LogP contribution in [0.2, 0.25) is 0 Å². The first-order chi connectivity index (χ1) is 7.13. The summed E-state index contributed by atoms with van der Waals surface area (Å²) in [7, 11) is 0. The Labute approximate surface area is 99.9 Å². The molecule has 78 valence electrons. The minimum Gasteiger partial charge on any atom is -0.388 e. The molecule has 0 radical (unpaired) electrons. The van der Waals surface area contributed by atoms with E-state index >= 15 is 0 Å². The van der Waals surface area contributed by atoms with Gasteiger partial charge in [-0.3, -0.25) is 5.10 Å². The van der Waals surface area contributed by atoms with Gasteiger partial charge >= 0.3 is 0 Å². The topological polar surface area (TPSA) is 83.4 Å². The van der Waals surface area contributed by atoms with E-state index in [4.69, 9.17) is 30.2 Å². The number of fused-ring (bicyclic) bond motifs is 1. The molecular weight excluding hydrogens is 250 g/mol. The first-order valence-electron chi connectivity index (χ1n) is 3.95. The summed E-state index contributed by atoms with van der Waals surface area (Å²) < 4.78 is 0.449. The number of thioether (sulfide) groups is 1. The average molecular weight is 257 g/mol. The summed E-state index contributed by atoms with van der Waals surface area (Å²) in [5.41, 5.74) is 6.71. The number of nitrogens with zero attached hydrogens (tertiary/aromatic N) is 2. The highest BCUT2D eigenvalue weighted by atomic mass is 32.2. The number of hydrogen-bond acceptors (Lipinski definition) is 5. The summed E-state index contributed by atoms with van der Waals surface area (Å²) in [4.78, 5) is 7.43. The van der Waals surface area contributed by atoms with Crippen LogP contribution in [0.1, 0.15) is 5.69 Å². The molecule has 0 amide bonds. The van der Waals surface area contributed by atoms with Crippen molar-refractivity contribution in [1.29, 1.82) is 0 Å². The van der Waals surface area contributed by atoms with E-state index in [1.165, 1.54) is 11.8 Å².